The van der Waals surface area contributed by atoms with Crippen molar-refractivity contribution in [1.29, 1.82) is 0 Å². The highest BCUT2D eigenvalue weighted by molar-refractivity contribution is 9.10. The molecule has 1 rings (SSSR count). The molecule has 0 bridgehead atoms. The monoisotopic (exact) mass is 361 g/mol. The first kappa shape index (κ1) is 14.7. The number of nitrogens with zero attached hydrogens (tertiary/aromatic N) is 1. The van der Waals surface area contributed by atoms with E-state index in [0.717, 1.165) is 34.8 Å². The van der Waals surface area contributed by atoms with Gasteiger partial charge in [0.1, 0.15) is 0 Å². The van der Waals surface area contributed by atoms with Gasteiger partial charge in [0, 0.05) is 29.0 Å². The Morgan fingerprint density at radius 3 is 2.41 bits per heavy atom. The second-order valence-corrected chi connectivity index (χ2v) is 5.69. The van der Waals surface area contributed by atoms with E-state index < -0.39 is 0 Å². The lowest BCUT2D eigenvalue weighted by atomic mass is 10.2. The molecule has 0 unspecified atom stereocenters. The maximum Gasteiger partial charge on any atom is 0.253 e. The molecule has 0 radical (unpaired) electrons. The molecule has 0 heterocycles. The van der Waals surface area contributed by atoms with E-state index in [1.807, 2.05) is 31.3 Å². The van der Waals surface area contributed by atoms with Crippen molar-refractivity contribution >= 4 is 37.8 Å². The van der Waals surface area contributed by atoms with E-state index in [2.05, 4.69) is 31.9 Å². The molecule has 0 aromatic heterocycles. The first-order chi connectivity index (χ1) is 8.15. The summed E-state index contributed by atoms with van der Waals surface area (Å²) >= 11 is 6.77. The van der Waals surface area contributed by atoms with Crippen molar-refractivity contribution in [2.75, 3.05) is 18.9 Å². The van der Waals surface area contributed by atoms with Gasteiger partial charge in [-0.1, -0.05) is 38.3 Å². The molecule has 0 fully saturated rings. The number of unbranched alkanes of at least 4 members (excludes halogenated alkanes) is 2. The van der Waals surface area contributed by atoms with Crippen LogP contribution in [0.1, 0.15) is 29.6 Å². The number of halogens is 2. The van der Waals surface area contributed by atoms with Crippen LogP contribution in [0.3, 0.4) is 0 Å². The van der Waals surface area contributed by atoms with Crippen LogP contribution in [0.25, 0.3) is 0 Å². The van der Waals surface area contributed by atoms with Gasteiger partial charge in [0.15, 0.2) is 0 Å². The fourth-order valence-corrected chi connectivity index (χ4v) is 2.20. The summed E-state index contributed by atoms with van der Waals surface area (Å²) in [5, 5.41) is 1.04. The summed E-state index contributed by atoms with van der Waals surface area (Å²) in [6.45, 7) is 0.821. The molecule has 0 atom stereocenters. The highest BCUT2D eigenvalue weighted by Gasteiger charge is 2.10. The molecule has 0 saturated heterocycles. The summed E-state index contributed by atoms with van der Waals surface area (Å²) in [7, 11) is 1.86. The number of hydrogen-bond acceptors (Lipinski definition) is 1. The summed E-state index contributed by atoms with van der Waals surface area (Å²) in [6.07, 6.45) is 3.38. The van der Waals surface area contributed by atoms with Gasteiger partial charge < -0.3 is 4.90 Å². The molecular formula is C13H17Br2NO. The molecule has 4 heteroatoms. The first-order valence-corrected chi connectivity index (χ1v) is 7.63. The lowest BCUT2D eigenvalue weighted by Gasteiger charge is -2.17. The molecule has 0 aliphatic rings. The molecule has 1 aromatic carbocycles. The predicted molar refractivity (Wildman–Crippen MR) is 78.7 cm³/mol. The molecule has 1 amide bonds. The van der Waals surface area contributed by atoms with Crippen molar-refractivity contribution in [2.24, 2.45) is 0 Å². The topological polar surface area (TPSA) is 20.3 Å². The summed E-state index contributed by atoms with van der Waals surface area (Å²) in [4.78, 5) is 13.8. The van der Waals surface area contributed by atoms with Gasteiger partial charge in [0.2, 0.25) is 0 Å². The maximum absolute atomic E-state index is 12.0. The Morgan fingerprint density at radius 2 is 1.82 bits per heavy atom. The zero-order valence-electron chi connectivity index (χ0n) is 9.96. The normalized spacial score (nSPS) is 10.3. The summed E-state index contributed by atoms with van der Waals surface area (Å²) in [5.74, 6) is 0.0938. The predicted octanol–water partition coefficient (Wildman–Crippen LogP) is 4.09. The third kappa shape index (κ3) is 5.21. The molecular weight excluding hydrogens is 346 g/mol. The van der Waals surface area contributed by atoms with Gasteiger partial charge in [-0.2, -0.15) is 0 Å². The molecule has 1 aromatic rings. The summed E-state index contributed by atoms with van der Waals surface area (Å²) in [6, 6.07) is 7.49. The van der Waals surface area contributed by atoms with Crippen LogP contribution in [0.5, 0.6) is 0 Å². The Kier molecular flexibility index (Phi) is 6.82. The van der Waals surface area contributed by atoms with Gasteiger partial charge in [-0.15, -0.1) is 0 Å². The van der Waals surface area contributed by atoms with E-state index >= 15 is 0 Å². The first-order valence-electron chi connectivity index (χ1n) is 5.72. The zero-order chi connectivity index (χ0) is 12.7. The molecule has 94 valence electrons. The molecule has 17 heavy (non-hydrogen) atoms. The second-order valence-electron chi connectivity index (χ2n) is 3.98. The van der Waals surface area contributed by atoms with Crippen LogP contribution in [-0.4, -0.2) is 29.7 Å². The largest absolute Gasteiger partial charge is 0.342 e. The van der Waals surface area contributed by atoms with Crippen molar-refractivity contribution < 1.29 is 4.79 Å². The minimum Gasteiger partial charge on any atom is -0.342 e. The van der Waals surface area contributed by atoms with Crippen LogP contribution in [0.15, 0.2) is 28.7 Å². The molecule has 2 nitrogen and oxygen atoms in total. The van der Waals surface area contributed by atoms with Crippen molar-refractivity contribution in [3.63, 3.8) is 0 Å². The highest BCUT2D eigenvalue weighted by Crippen LogP contribution is 2.12. The second kappa shape index (κ2) is 7.88. The lowest BCUT2D eigenvalue weighted by Crippen LogP contribution is -2.27. The van der Waals surface area contributed by atoms with Gasteiger partial charge in [-0.3, -0.25) is 4.79 Å². The Labute approximate surface area is 120 Å². The van der Waals surface area contributed by atoms with Crippen LogP contribution in [-0.2, 0) is 0 Å². The van der Waals surface area contributed by atoms with Gasteiger partial charge in [-0.05, 0) is 37.1 Å². The van der Waals surface area contributed by atoms with E-state index in [4.69, 9.17) is 0 Å². The molecule has 0 aliphatic heterocycles. The quantitative estimate of drug-likeness (QED) is 0.551. The third-order valence-electron chi connectivity index (χ3n) is 2.57. The Balaban J connectivity index is 2.43. The standard InChI is InChI=1S/C13H17Br2NO/c1-16(10-4-2-3-9-14)13(17)11-5-7-12(15)8-6-11/h5-8H,2-4,9-10H2,1H3. The van der Waals surface area contributed by atoms with Crippen LogP contribution in [0, 0.1) is 0 Å². The maximum atomic E-state index is 12.0. The van der Waals surface area contributed by atoms with Gasteiger partial charge >= 0.3 is 0 Å². The van der Waals surface area contributed by atoms with Gasteiger partial charge in [-0.25, -0.2) is 0 Å². The average molecular weight is 363 g/mol. The van der Waals surface area contributed by atoms with E-state index in [0.29, 0.717) is 0 Å². The van der Waals surface area contributed by atoms with Crippen LogP contribution in [0.4, 0.5) is 0 Å². The Hall–Kier alpha value is -0.350. The number of carbonyl (C=O) groups excluding carboxylic acids is 1. The lowest BCUT2D eigenvalue weighted by molar-refractivity contribution is 0.0792. The summed E-state index contributed by atoms with van der Waals surface area (Å²) in [5.41, 5.74) is 0.746. The van der Waals surface area contributed by atoms with Crippen LogP contribution < -0.4 is 0 Å². The van der Waals surface area contributed by atoms with Gasteiger partial charge in [0.05, 0.1) is 0 Å². The van der Waals surface area contributed by atoms with E-state index in [-0.39, 0.29) is 5.91 Å². The number of amides is 1. The number of hydrogen-bond donors (Lipinski definition) is 0. The fourth-order valence-electron chi connectivity index (χ4n) is 1.53. The van der Waals surface area contributed by atoms with Crippen molar-refractivity contribution in [2.45, 2.75) is 19.3 Å². The molecule has 0 saturated carbocycles. The fraction of sp³-hybridized carbons (Fsp3) is 0.462. The molecule has 0 spiro atoms. The summed E-state index contributed by atoms with van der Waals surface area (Å²) < 4.78 is 0.994. The number of benzene rings is 1. The number of alkyl halides is 1. The van der Waals surface area contributed by atoms with Crippen molar-refractivity contribution in [3.8, 4) is 0 Å². The zero-order valence-corrected chi connectivity index (χ0v) is 13.1. The van der Waals surface area contributed by atoms with Crippen LogP contribution >= 0.6 is 31.9 Å². The molecule has 0 aliphatic carbocycles. The average Bonchev–Trinajstić information content (AvgIpc) is 2.34. The Bertz CT molecular complexity index is 351. The van der Waals surface area contributed by atoms with Crippen LogP contribution in [0.2, 0.25) is 0 Å². The van der Waals surface area contributed by atoms with E-state index in [1.165, 1.54) is 6.42 Å². The van der Waals surface area contributed by atoms with E-state index in [9.17, 15) is 4.79 Å². The highest BCUT2D eigenvalue weighted by atomic mass is 79.9. The SMILES string of the molecule is CN(CCCCCBr)C(=O)c1ccc(Br)cc1. The smallest absolute Gasteiger partial charge is 0.253 e. The third-order valence-corrected chi connectivity index (χ3v) is 3.65. The van der Waals surface area contributed by atoms with Crippen molar-refractivity contribution in [1.82, 2.24) is 4.90 Å². The van der Waals surface area contributed by atoms with E-state index in [1.54, 1.807) is 4.90 Å². The van der Waals surface area contributed by atoms with Crippen molar-refractivity contribution in [3.05, 3.63) is 34.3 Å². The number of rotatable bonds is 6. The minimum atomic E-state index is 0.0938. The Morgan fingerprint density at radius 1 is 1.18 bits per heavy atom. The minimum absolute atomic E-state index is 0.0938. The molecule has 0 N–H and O–H groups in total. The number of carbonyl (C=O) groups is 1. The van der Waals surface area contributed by atoms with Gasteiger partial charge in [0.25, 0.3) is 5.91 Å².